The lowest BCUT2D eigenvalue weighted by atomic mass is 10.3. The molecular weight excluding hydrogens is 230 g/mol. The predicted octanol–water partition coefficient (Wildman–Crippen LogP) is 0.762. The molecule has 0 spiro atoms. The van der Waals surface area contributed by atoms with Crippen molar-refractivity contribution in [2.45, 2.75) is 6.42 Å². The van der Waals surface area contributed by atoms with E-state index in [2.05, 4.69) is 0 Å². The van der Waals surface area contributed by atoms with Crippen molar-refractivity contribution in [2.24, 2.45) is 0 Å². The van der Waals surface area contributed by atoms with Crippen molar-refractivity contribution in [3.8, 4) is 5.75 Å². The number of amides is 1. The molecule has 16 heavy (non-hydrogen) atoms. The van der Waals surface area contributed by atoms with Gasteiger partial charge in [-0.05, 0) is 24.3 Å². The minimum Gasteiger partial charge on any atom is -0.497 e. The van der Waals surface area contributed by atoms with Crippen molar-refractivity contribution in [2.75, 3.05) is 17.2 Å². The average molecular weight is 241 g/mol. The third-order valence-electron chi connectivity index (χ3n) is 2.39. The van der Waals surface area contributed by atoms with Crippen molar-refractivity contribution in [1.82, 2.24) is 0 Å². The zero-order valence-electron chi connectivity index (χ0n) is 8.71. The van der Waals surface area contributed by atoms with E-state index in [0.717, 1.165) is 4.31 Å². The Morgan fingerprint density at radius 2 is 1.88 bits per heavy atom. The minimum absolute atomic E-state index is 0.0500. The second-order valence-corrected chi connectivity index (χ2v) is 5.36. The van der Waals surface area contributed by atoms with Gasteiger partial charge in [0, 0.05) is 6.42 Å². The van der Waals surface area contributed by atoms with Gasteiger partial charge in [-0.1, -0.05) is 0 Å². The van der Waals surface area contributed by atoms with E-state index in [4.69, 9.17) is 4.74 Å². The number of rotatable bonds is 2. The fourth-order valence-electron chi connectivity index (χ4n) is 1.59. The number of nitrogens with zero attached hydrogens (tertiary/aromatic N) is 1. The molecule has 0 radical (unpaired) electrons. The molecule has 1 aromatic carbocycles. The summed E-state index contributed by atoms with van der Waals surface area (Å²) in [5, 5.41) is 0. The lowest BCUT2D eigenvalue weighted by Gasteiger charge is -2.14. The van der Waals surface area contributed by atoms with Gasteiger partial charge in [0.15, 0.2) is 0 Å². The van der Waals surface area contributed by atoms with Crippen molar-refractivity contribution < 1.29 is 17.9 Å². The topological polar surface area (TPSA) is 63.7 Å². The minimum atomic E-state index is -3.47. The van der Waals surface area contributed by atoms with E-state index in [9.17, 15) is 13.2 Å². The van der Waals surface area contributed by atoms with E-state index in [-0.39, 0.29) is 18.1 Å². The lowest BCUT2D eigenvalue weighted by molar-refractivity contribution is -0.116. The normalized spacial score (nSPS) is 18.8. The standard InChI is InChI=1S/C10H11NO4S/c1-15-9-4-2-8(3-5-9)11-10(12)6-7-16(11,13)14/h2-5H,6-7H2,1H3. The molecule has 2 rings (SSSR count). The number of sulfonamides is 1. The molecule has 1 amide bonds. The van der Waals surface area contributed by atoms with E-state index in [1.165, 1.54) is 7.11 Å². The van der Waals surface area contributed by atoms with Gasteiger partial charge >= 0.3 is 0 Å². The van der Waals surface area contributed by atoms with Crippen molar-refractivity contribution in [3.05, 3.63) is 24.3 Å². The van der Waals surface area contributed by atoms with Crippen LogP contribution < -0.4 is 9.04 Å². The number of anilines is 1. The Balaban J connectivity index is 2.40. The van der Waals surface area contributed by atoms with Crippen LogP contribution in [0.25, 0.3) is 0 Å². The number of methoxy groups -OCH3 is 1. The summed E-state index contributed by atoms with van der Waals surface area (Å²) in [6.07, 6.45) is 0.0500. The van der Waals surface area contributed by atoms with E-state index < -0.39 is 10.0 Å². The van der Waals surface area contributed by atoms with Gasteiger partial charge in [0.1, 0.15) is 5.75 Å². The van der Waals surface area contributed by atoms with E-state index >= 15 is 0 Å². The first-order valence-electron chi connectivity index (χ1n) is 4.74. The molecule has 1 saturated heterocycles. The molecule has 5 nitrogen and oxygen atoms in total. The largest absolute Gasteiger partial charge is 0.497 e. The van der Waals surface area contributed by atoms with Crippen LogP contribution in [0.4, 0.5) is 5.69 Å². The average Bonchev–Trinajstić information content (AvgIpc) is 2.53. The number of carbonyl (C=O) groups excluding carboxylic acids is 1. The van der Waals surface area contributed by atoms with Crippen LogP contribution in [0.3, 0.4) is 0 Å². The van der Waals surface area contributed by atoms with E-state index in [0.29, 0.717) is 11.4 Å². The van der Waals surface area contributed by atoms with E-state index in [1.807, 2.05) is 0 Å². The molecule has 0 saturated carbocycles. The van der Waals surface area contributed by atoms with Crippen molar-refractivity contribution >= 4 is 21.6 Å². The molecule has 6 heteroatoms. The smallest absolute Gasteiger partial charge is 0.242 e. The molecule has 86 valence electrons. The Kier molecular flexibility index (Phi) is 2.59. The zero-order valence-corrected chi connectivity index (χ0v) is 9.53. The van der Waals surface area contributed by atoms with Gasteiger partial charge in [-0.3, -0.25) is 4.79 Å². The molecule has 0 N–H and O–H groups in total. The van der Waals surface area contributed by atoms with Crippen molar-refractivity contribution in [3.63, 3.8) is 0 Å². The van der Waals surface area contributed by atoms with E-state index in [1.54, 1.807) is 24.3 Å². The van der Waals surface area contributed by atoms with Gasteiger partial charge in [0.2, 0.25) is 15.9 Å². The fraction of sp³-hybridized carbons (Fsp3) is 0.300. The summed E-state index contributed by atoms with van der Waals surface area (Å²) in [4.78, 5) is 11.5. The van der Waals surface area contributed by atoms with Crippen LogP contribution in [-0.4, -0.2) is 27.2 Å². The molecule has 0 aliphatic carbocycles. The number of carbonyl (C=O) groups is 1. The van der Waals surface area contributed by atoms with Gasteiger partial charge in [-0.25, -0.2) is 12.7 Å². The summed E-state index contributed by atoms with van der Waals surface area (Å²) in [5.74, 6) is 0.121. The summed E-state index contributed by atoms with van der Waals surface area (Å²) < 4.78 is 29.0. The second kappa shape index (κ2) is 3.79. The maximum absolute atomic E-state index is 11.6. The van der Waals surface area contributed by atoms with Crippen molar-refractivity contribution in [1.29, 1.82) is 0 Å². The summed E-state index contributed by atoms with van der Waals surface area (Å²) in [7, 11) is -1.95. The Bertz CT molecular complexity index is 506. The zero-order chi connectivity index (χ0) is 11.8. The van der Waals surface area contributed by atoms with Crippen LogP contribution in [0.15, 0.2) is 24.3 Å². The Labute approximate surface area is 93.7 Å². The Morgan fingerprint density at radius 3 is 2.31 bits per heavy atom. The number of ether oxygens (including phenoxy) is 1. The number of hydrogen-bond donors (Lipinski definition) is 0. The Morgan fingerprint density at radius 1 is 1.25 bits per heavy atom. The monoisotopic (exact) mass is 241 g/mol. The number of hydrogen-bond acceptors (Lipinski definition) is 4. The van der Waals surface area contributed by atoms with Crippen LogP contribution in [-0.2, 0) is 14.8 Å². The highest BCUT2D eigenvalue weighted by Gasteiger charge is 2.36. The van der Waals surface area contributed by atoms with Gasteiger partial charge in [0.05, 0.1) is 18.6 Å². The second-order valence-electron chi connectivity index (χ2n) is 3.42. The quantitative estimate of drug-likeness (QED) is 0.767. The highest BCUT2D eigenvalue weighted by atomic mass is 32.2. The SMILES string of the molecule is COc1ccc(N2C(=O)CCS2(=O)=O)cc1. The van der Waals surface area contributed by atoms with Crippen LogP contribution in [0.1, 0.15) is 6.42 Å². The molecule has 1 aliphatic rings. The molecule has 1 heterocycles. The maximum atomic E-state index is 11.6. The maximum Gasteiger partial charge on any atom is 0.242 e. The highest BCUT2D eigenvalue weighted by molar-refractivity contribution is 7.94. The molecule has 0 unspecified atom stereocenters. The van der Waals surface area contributed by atoms with Crippen LogP contribution in [0.5, 0.6) is 5.75 Å². The summed E-state index contributed by atoms with van der Waals surface area (Å²) in [6.45, 7) is 0. The highest BCUT2D eigenvalue weighted by Crippen LogP contribution is 2.26. The van der Waals surface area contributed by atoms with Gasteiger partial charge in [0.25, 0.3) is 0 Å². The molecule has 0 atom stereocenters. The van der Waals surface area contributed by atoms with Crippen LogP contribution >= 0.6 is 0 Å². The number of benzene rings is 1. The first-order valence-corrected chi connectivity index (χ1v) is 6.35. The van der Waals surface area contributed by atoms with Crippen LogP contribution in [0.2, 0.25) is 0 Å². The third kappa shape index (κ3) is 1.76. The molecule has 1 fully saturated rings. The molecular formula is C10H11NO4S. The Hall–Kier alpha value is -1.56. The molecule has 0 aromatic heterocycles. The summed E-state index contributed by atoms with van der Waals surface area (Å²) in [5.41, 5.74) is 0.364. The molecule has 0 bridgehead atoms. The first-order chi connectivity index (χ1) is 7.54. The van der Waals surface area contributed by atoms with Gasteiger partial charge in [-0.2, -0.15) is 0 Å². The third-order valence-corrected chi connectivity index (χ3v) is 4.08. The predicted molar refractivity (Wildman–Crippen MR) is 58.9 cm³/mol. The van der Waals surface area contributed by atoms with Gasteiger partial charge in [-0.15, -0.1) is 0 Å². The molecule has 1 aromatic rings. The lowest BCUT2D eigenvalue weighted by Crippen LogP contribution is -2.29. The summed E-state index contributed by atoms with van der Waals surface area (Å²) in [6, 6.07) is 6.35. The molecule has 1 aliphatic heterocycles. The fourth-order valence-corrected chi connectivity index (χ4v) is 3.05. The van der Waals surface area contributed by atoms with Gasteiger partial charge < -0.3 is 4.74 Å². The summed E-state index contributed by atoms with van der Waals surface area (Å²) >= 11 is 0. The first kappa shape index (κ1) is 10.9. The van der Waals surface area contributed by atoms with Crippen LogP contribution in [0, 0.1) is 0 Å².